The first-order valence-corrected chi connectivity index (χ1v) is 7.04. The Hall–Kier alpha value is -2.34. The lowest BCUT2D eigenvalue weighted by atomic mass is 10.1. The molecule has 20 heavy (non-hydrogen) atoms. The molecule has 0 aliphatic rings. The minimum absolute atomic E-state index is 0.164. The molecule has 0 fully saturated rings. The number of nitrogens with one attached hydrogen (secondary N) is 1. The van der Waals surface area contributed by atoms with E-state index in [2.05, 4.69) is 4.98 Å². The molecule has 0 atom stereocenters. The van der Waals surface area contributed by atoms with Crippen LogP contribution in [0.25, 0.3) is 4.96 Å². The molecule has 3 N–H and O–H groups in total. The molecular weight excluding hydrogens is 272 g/mol. The Morgan fingerprint density at radius 1 is 1.35 bits per heavy atom. The summed E-state index contributed by atoms with van der Waals surface area (Å²) in [6.07, 6.45) is 4.42. The number of nitrogens with two attached hydrogens (primary N) is 1. The summed E-state index contributed by atoms with van der Waals surface area (Å²) in [5, 5.41) is 9.25. The lowest BCUT2D eigenvalue weighted by Gasteiger charge is -2.05. The van der Waals surface area contributed by atoms with E-state index in [1.807, 2.05) is 46.4 Å². The molecule has 0 aliphatic carbocycles. The number of imidazole rings is 1. The van der Waals surface area contributed by atoms with Gasteiger partial charge in [0.15, 0.2) is 4.96 Å². The summed E-state index contributed by atoms with van der Waals surface area (Å²) in [4.78, 5) is 5.43. The lowest BCUT2D eigenvalue weighted by Crippen LogP contribution is -2.12. The molecule has 0 amide bonds. The second-order valence-electron chi connectivity index (χ2n) is 4.46. The van der Waals surface area contributed by atoms with E-state index in [0.29, 0.717) is 13.0 Å². The highest BCUT2D eigenvalue weighted by Crippen LogP contribution is 2.16. The van der Waals surface area contributed by atoms with Gasteiger partial charge >= 0.3 is 0 Å². The average molecular weight is 286 g/mol. The summed E-state index contributed by atoms with van der Waals surface area (Å²) in [7, 11) is 0. The zero-order chi connectivity index (χ0) is 13.9. The van der Waals surface area contributed by atoms with Gasteiger partial charge in [-0.25, -0.2) is 4.98 Å². The van der Waals surface area contributed by atoms with Crippen molar-refractivity contribution in [2.45, 2.75) is 13.0 Å². The molecule has 6 heteroatoms. The lowest BCUT2D eigenvalue weighted by molar-refractivity contribution is 0.302. The Labute approximate surface area is 120 Å². The van der Waals surface area contributed by atoms with Crippen LogP contribution < -0.4 is 10.5 Å². The molecule has 1 aromatic carbocycles. The molecule has 3 rings (SSSR count). The maximum Gasteiger partial charge on any atom is 0.193 e. The fourth-order valence-electron chi connectivity index (χ4n) is 1.93. The standard InChI is InChI=1S/C14H14N4OS/c15-13(16)7-10-1-3-12(4-2-10)19-9-11-8-18-5-6-20-14(18)17-11/h1-6,8H,7,9H2,(H3,15,16). The van der Waals surface area contributed by atoms with Crippen molar-refractivity contribution in [1.29, 1.82) is 5.41 Å². The van der Waals surface area contributed by atoms with Gasteiger partial charge < -0.3 is 10.5 Å². The van der Waals surface area contributed by atoms with Crippen LogP contribution in [0.3, 0.4) is 0 Å². The minimum Gasteiger partial charge on any atom is -0.487 e. The highest BCUT2D eigenvalue weighted by atomic mass is 32.1. The van der Waals surface area contributed by atoms with Crippen LogP contribution in [0.15, 0.2) is 42.0 Å². The monoisotopic (exact) mass is 286 g/mol. The van der Waals surface area contributed by atoms with Crippen molar-refractivity contribution < 1.29 is 4.74 Å². The van der Waals surface area contributed by atoms with E-state index in [9.17, 15) is 0 Å². The average Bonchev–Trinajstić information content (AvgIpc) is 2.98. The van der Waals surface area contributed by atoms with E-state index in [4.69, 9.17) is 15.9 Å². The van der Waals surface area contributed by atoms with Crippen molar-refractivity contribution in [3.8, 4) is 5.75 Å². The molecule has 0 spiro atoms. The SMILES string of the molecule is N=C(N)Cc1ccc(OCc2cn3ccsc3n2)cc1. The highest BCUT2D eigenvalue weighted by molar-refractivity contribution is 7.15. The number of nitrogens with zero attached hydrogens (tertiary/aromatic N) is 2. The Morgan fingerprint density at radius 2 is 2.15 bits per heavy atom. The van der Waals surface area contributed by atoms with Crippen LogP contribution in [-0.2, 0) is 13.0 Å². The van der Waals surface area contributed by atoms with Gasteiger partial charge in [-0.3, -0.25) is 9.81 Å². The third-order valence-corrected chi connectivity index (χ3v) is 3.62. The number of amidine groups is 1. The number of aromatic nitrogens is 2. The Bertz CT molecular complexity index is 701. The topological polar surface area (TPSA) is 76.4 Å². The van der Waals surface area contributed by atoms with Crippen molar-refractivity contribution in [3.05, 3.63) is 53.3 Å². The van der Waals surface area contributed by atoms with Gasteiger partial charge in [-0.2, -0.15) is 0 Å². The predicted molar refractivity (Wildman–Crippen MR) is 79.5 cm³/mol. The zero-order valence-electron chi connectivity index (χ0n) is 10.7. The maximum atomic E-state index is 7.25. The number of hydrogen-bond acceptors (Lipinski definition) is 4. The van der Waals surface area contributed by atoms with Crippen molar-refractivity contribution in [1.82, 2.24) is 9.38 Å². The van der Waals surface area contributed by atoms with Gasteiger partial charge in [0.1, 0.15) is 12.4 Å². The Kier molecular flexibility index (Phi) is 3.39. The summed E-state index contributed by atoms with van der Waals surface area (Å²) in [6, 6.07) is 7.61. The van der Waals surface area contributed by atoms with E-state index >= 15 is 0 Å². The molecule has 102 valence electrons. The molecule has 0 bridgehead atoms. The smallest absolute Gasteiger partial charge is 0.193 e. The van der Waals surface area contributed by atoms with Gasteiger partial charge in [-0.1, -0.05) is 12.1 Å². The van der Waals surface area contributed by atoms with Crippen molar-refractivity contribution in [2.75, 3.05) is 0 Å². The Morgan fingerprint density at radius 3 is 2.85 bits per heavy atom. The molecule has 2 aromatic heterocycles. The van der Waals surface area contributed by atoms with Crippen molar-refractivity contribution in [2.24, 2.45) is 5.73 Å². The van der Waals surface area contributed by atoms with Crippen LogP contribution in [0.4, 0.5) is 0 Å². The van der Waals surface area contributed by atoms with Crippen LogP contribution >= 0.6 is 11.3 Å². The minimum atomic E-state index is 0.164. The normalized spacial score (nSPS) is 10.8. The van der Waals surface area contributed by atoms with Gasteiger partial charge in [-0.15, -0.1) is 11.3 Å². The summed E-state index contributed by atoms with van der Waals surface area (Å²) in [5.74, 6) is 0.949. The highest BCUT2D eigenvalue weighted by Gasteiger charge is 2.03. The van der Waals surface area contributed by atoms with Crippen LogP contribution in [0, 0.1) is 5.41 Å². The largest absolute Gasteiger partial charge is 0.487 e. The second kappa shape index (κ2) is 5.34. The first-order chi connectivity index (χ1) is 9.70. The molecule has 0 saturated heterocycles. The van der Waals surface area contributed by atoms with E-state index in [1.165, 1.54) is 0 Å². The third kappa shape index (κ3) is 2.80. The quantitative estimate of drug-likeness (QED) is 0.558. The number of fused-ring (bicyclic) bond motifs is 1. The fourth-order valence-corrected chi connectivity index (χ4v) is 2.65. The molecule has 3 aromatic rings. The maximum absolute atomic E-state index is 7.25. The summed E-state index contributed by atoms with van der Waals surface area (Å²) in [6.45, 7) is 0.445. The molecule has 5 nitrogen and oxygen atoms in total. The Balaban J connectivity index is 1.63. The van der Waals surface area contributed by atoms with Gasteiger partial charge in [-0.05, 0) is 17.7 Å². The third-order valence-electron chi connectivity index (χ3n) is 2.85. The van der Waals surface area contributed by atoms with Gasteiger partial charge in [0, 0.05) is 24.2 Å². The second-order valence-corrected chi connectivity index (χ2v) is 5.33. The van der Waals surface area contributed by atoms with Crippen molar-refractivity contribution >= 4 is 22.1 Å². The van der Waals surface area contributed by atoms with Gasteiger partial charge in [0.2, 0.25) is 0 Å². The zero-order valence-corrected chi connectivity index (χ0v) is 11.6. The molecule has 2 heterocycles. The summed E-state index contributed by atoms with van der Waals surface area (Å²) < 4.78 is 7.68. The van der Waals surface area contributed by atoms with Crippen LogP contribution in [0.5, 0.6) is 5.75 Å². The molecule has 0 saturated carbocycles. The number of rotatable bonds is 5. The number of hydrogen-bond donors (Lipinski definition) is 2. The van der Waals surface area contributed by atoms with E-state index < -0.39 is 0 Å². The van der Waals surface area contributed by atoms with Crippen LogP contribution in [-0.4, -0.2) is 15.2 Å². The summed E-state index contributed by atoms with van der Waals surface area (Å²) >= 11 is 1.60. The predicted octanol–water partition coefficient (Wildman–Crippen LogP) is 2.45. The molecule has 0 radical (unpaired) electrons. The number of thiazole rings is 1. The number of ether oxygens (including phenoxy) is 1. The van der Waals surface area contributed by atoms with Crippen LogP contribution in [0.1, 0.15) is 11.3 Å². The van der Waals surface area contributed by atoms with Crippen molar-refractivity contribution in [3.63, 3.8) is 0 Å². The van der Waals surface area contributed by atoms with E-state index in [0.717, 1.165) is 22.0 Å². The molecular formula is C14H14N4OS. The number of benzene rings is 1. The molecule has 0 unspecified atom stereocenters. The summed E-state index contributed by atoms with van der Waals surface area (Å²) in [5.41, 5.74) is 7.28. The first-order valence-electron chi connectivity index (χ1n) is 6.16. The fraction of sp³-hybridized carbons (Fsp3) is 0.143. The van der Waals surface area contributed by atoms with E-state index in [1.54, 1.807) is 11.3 Å². The van der Waals surface area contributed by atoms with Gasteiger partial charge in [0.05, 0.1) is 11.5 Å². The van der Waals surface area contributed by atoms with E-state index in [-0.39, 0.29) is 5.84 Å². The first kappa shape index (κ1) is 12.7. The molecule has 0 aliphatic heterocycles. The van der Waals surface area contributed by atoms with Crippen LogP contribution in [0.2, 0.25) is 0 Å². The van der Waals surface area contributed by atoms with Gasteiger partial charge in [0.25, 0.3) is 0 Å².